The van der Waals surface area contributed by atoms with Crippen molar-refractivity contribution in [2.45, 2.75) is 43.9 Å². The molecule has 0 spiro atoms. The summed E-state index contributed by atoms with van der Waals surface area (Å²) in [7, 11) is 0. The van der Waals surface area contributed by atoms with Crippen molar-refractivity contribution >= 4 is 28.9 Å². The molecule has 3 heterocycles. The summed E-state index contributed by atoms with van der Waals surface area (Å²) in [5.74, 6) is -0.120. The van der Waals surface area contributed by atoms with Gasteiger partial charge >= 0.3 is 5.97 Å². The zero-order chi connectivity index (χ0) is 18.8. The van der Waals surface area contributed by atoms with Gasteiger partial charge in [0.25, 0.3) is 0 Å². The summed E-state index contributed by atoms with van der Waals surface area (Å²) in [6.45, 7) is 1.81. The zero-order valence-electron chi connectivity index (χ0n) is 14.1. The Morgan fingerprint density at radius 3 is 2.88 bits per heavy atom. The molecule has 4 unspecified atom stereocenters. The van der Waals surface area contributed by atoms with Gasteiger partial charge in [-0.3, -0.25) is 9.36 Å². The van der Waals surface area contributed by atoms with Gasteiger partial charge in [0.15, 0.2) is 11.9 Å². The van der Waals surface area contributed by atoms with Crippen LogP contribution in [0.4, 0.5) is 0 Å². The third-order valence-electron chi connectivity index (χ3n) is 4.33. The SMILES string of the molecule is Cc1ncnc2c1ncn2C1OC(CSCC[C@H](N)C(=O)O)C(O)C1O. The molecule has 1 saturated heterocycles. The van der Waals surface area contributed by atoms with Crippen LogP contribution in [0.15, 0.2) is 12.7 Å². The molecule has 1 fully saturated rings. The van der Waals surface area contributed by atoms with Crippen LogP contribution in [0.3, 0.4) is 0 Å². The van der Waals surface area contributed by atoms with Crippen molar-refractivity contribution in [3.63, 3.8) is 0 Å². The lowest BCUT2D eigenvalue weighted by molar-refractivity contribution is -0.138. The van der Waals surface area contributed by atoms with Gasteiger partial charge in [-0.2, -0.15) is 11.8 Å². The number of thioether (sulfide) groups is 1. The number of carboxylic acids is 1. The van der Waals surface area contributed by atoms with E-state index in [0.717, 1.165) is 0 Å². The number of fused-ring (bicyclic) bond motifs is 1. The van der Waals surface area contributed by atoms with Gasteiger partial charge in [-0.25, -0.2) is 15.0 Å². The van der Waals surface area contributed by atoms with Crippen molar-refractivity contribution in [2.24, 2.45) is 5.73 Å². The molecule has 11 heteroatoms. The minimum absolute atomic E-state index is 0.317. The summed E-state index contributed by atoms with van der Waals surface area (Å²) < 4.78 is 7.41. The minimum atomic E-state index is -1.13. The normalized spacial score (nSPS) is 27.1. The smallest absolute Gasteiger partial charge is 0.320 e. The number of aryl methyl sites for hydroxylation is 1. The highest BCUT2D eigenvalue weighted by molar-refractivity contribution is 7.99. The van der Waals surface area contributed by atoms with Gasteiger partial charge in [-0.15, -0.1) is 0 Å². The van der Waals surface area contributed by atoms with Crippen molar-refractivity contribution in [1.82, 2.24) is 19.5 Å². The van der Waals surface area contributed by atoms with Crippen molar-refractivity contribution in [1.29, 1.82) is 0 Å². The molecule has 0 amide bonds. The average molecular weight is 383 g/mol. The summed E-state index contributed by atoms with van der Waals surface area (Å²) in [4.78, 5) is 23.2. The first kappa shape index (κ1) is 19.0. The fourth-order valence-corrected chi connectivity index (χ4v) is 3.88. The van der Waals surface area contributed by atoms with E-state index < -0.39 is 36.6 Å². The van der Waals surface area contributed by atoms with E-state index >= 15 is 0 Å². The molecule has 0 bridgehead atoms. The van der Waals surface area contributed by atoms with Crippen LogP contribution in [0, 0.1) is 6.92 Å². The largest absolute Gasteiger partial charge is 0.480 e. The van der Waals surface area contributed by atoms with Gasteiger partial charge in [-0.05, 0) is 19.1 Å². The second-order valence-corrected chi connectivity index (χ2v) is 7.29. The number of aliphatic carboxylic acids is 1. The van der Waals surface area contributed by atoms with E-state index in [1.807, 2.05) is 6.92 Å². The number of carboxylic acid groups (broad SMARTS) is 1. The molecular formula is C15H21N5O5S. The van der Waals surface area contributed by atoms with Crippen LogP contribution in [-0.2, 0) is 9.53 Å². The zero-order valence-corrected chi connectivity index (χ0v) is 14.9. The quantitative estimate of drug-likeness (QED) is 0.450. The Morgan fingerprint density at radius 1 is 1.38 bits per heavy atom. The van der Waals surface area contributed by atoms with Crippen LogP contribution in [0.2, 0.25) is 0 Å². The summed E-state index contributed by atoms with van der Waals surface area (Å²) in [5, 5.41) is 29.4. The highest BCUT2D eigenvalue weighted by Gasteiger charge is 2.44. The number of aliphatic hydroxyl groups excluding tert-OH is 2. The third kappa shape index (κ3) is 3.67. The van der Waals surface area contributed by atoms with Gasteiger partial charge in [0.2, 0.25) is 0 Å². The first-order chi connectivity index (χ1) is 12.4. The standard InChI is InChI=1S/C15H21N5O5S/c1-7-10-13(18-5-17-7)20(6-19-10)14-12(22)11(21)9(25-14)4-26-3-2-8(16)15(23)24/h5-6,8-9,11-12,14,21-22H,2-4,16H2,1H3,(H,23,24)/t8-,9?,11?,12?,14?/m0/s1. The second-order valence-electron chi connectivity index (χ2n) is 6.14. The molecule has 26 heavy (non-hydrogen) atoms. The monoisotopic (exact) mass is 383 g/mol. The number of aromatic nitrogens is 4. The molecule has 0 aliphatic carbocycles. The van der Waals surface area contributed by atoms with Crippen molar-refractivity contribution < 1.29 is 24.9 Å². The number of aliphatic hydroxyl groups is 2. The van der Waals surface area contributed by atoms with Crippen molar-refractivity contribution in [3.05, 3.63) is 18.3 Å². The van der Waals surface area contributed by atoms with E-state index in [-0.39, 0.29) is 0 Å². The highest BCUT2D eigenvalue weighted by atomic mass is 32.2. The molecule has 5 atom stereocenters. The fraction of sp³-hybridized carbons (Fsp3) is 0.600. The van der Waals surface area contributed by atoms with Gasteiger partial charge in [-0.1, -0.05) is 0 Å². The van der Waals surface area contributed by atoms with Crippen LogP contribution in [0.5, 0.6) is 0 Å². The number of hydrogen-bond donors (Lipinski definition) is 4. The first-order valence-corrected chi connectivity index (χ1v) is 9.27. The maximum atomic E-state index is 10.7. The predicted molar refractivity (Wildman–Crippen MR) is 93.5 cm³/mol. The molecule has 5 N–H and O–H groups in total. The minimum Gasteiger partial charge on any atom is -0.480 e. The maximum Gasteiger partial charge on any atom is 0.320 e. The molecule has 142 valence electrons. The lowest BCUT2D eigenvalue weighted by Crippen LogP contribution is -2.33. The lowest BCUT2D eigenvalue weighted by Gasteiger charge is -2.16. The fourth-order valence-electron chi connectivity index (χ4n) is 2.79. The number of nitrogens with zero attached hydrogens (tertiary/aromatic N) is 4. The van der Waals surface area contributed by atoms with Crippen LogP contribution in [0.1, 0.15) is 18.3 Å². The van der Waals surface area contributed by atoms with Crippen LogP contribution in [-0.4, -0.2) is 76.7 Å². The van der Waals surface area contributed by atoms with Gasteiger partial charge in [0.1, 0.15) is 30.1 Å². The van der Waals surface area contributed by atoms with Gasteiger partial charge in [0, 0.05) is 5.75 Å². The molecule has 1 aliphatic heterocycles. The predicted octanol–water partition coefficient (Wildman–Crippen LogP) is -0.711. The van der Waals surface area contributed by atoms with E-state index in [0.29, 0.717) is 34.8 Å². The summed E-state index contributed by atoms with van der Waals surface area (Å²) in [5.41, 5.74) is 7.30. The Morgan fingerprint density at radius 2 is 2.15 bits per heavy atom. The average Bonchev–Trinajstić information content (AvgIpc) is 3.15. The van der Waals surface area contributed by atoms with E-state index in [4.69, 9.17) is 15.6 Å². The lowest BCUT2D eigenvalue weighted by atomic mass is 10.1. The molecule has 3 rings (SSSR count). The van der Waals surface area contributed by atoms with Crippen LogP contribution in [0.25, 0.3) is 11.2 Å². The van der Waals surface area contributed by atoms with Gasteiger partial charge < -0.3 is 25.8 Å². The highest BCUT2D eigenvalue weighted by Crippen LogP contribution is 2.33. The Kier molecular flexibility index (Phi) is 5.73. The molecule has 1 aliphatic rings. The Balaban J connectivity index is 1.64. The third-order valence-corrected chi connectivity index (χ3v) is 5.41. The Labute approximate surface area is 153 Å². The van der Waals surface area contributed by atoms with Crippen LogP contribution >= 0.6 is 11.8 Å². The molecular weight excluding hydrogens is 362 g/mol. The number of ether oxygens (including phenoxy) is 1. The first-order valence-electron chi connectivity index (χ1n) is 8.12. The molecule has 2 aromatic rings. The van der Waals surface area contributed by atoms with Crippen molar-refractivity contribution in [2.75, 3.05) is 11.5 Å². The van der Waals surface area contributed by atoms with E-state index in [1.54, 1.807) is 4.57 Å². The summed E-state index contributed by atoms with van der Waals surface area (Å²) in [6.07, 6.45) is -0.369. The van der Waals surface area contributed by atoms with E-state index in [2.05, 4.69) is 15.0 Å². The number of imidazole rings is 1. The van der Waals surface area contributed by atoms with Crippen molar-refractivity contribution in [3.8, 4) is 0 Å². The number of rotatable bonds is 7. The van der Waals surface area contributed by atoms with Gasteiger partial charge in [0.05, 0.1) is 18.1 Å². The molecule has 10 nitrogen and oxygen atoms in total. The molecule has 2 aromatic heterocycles. The second kappa shape index (κ2) is 7.84. The number of nitrogens with two attached hydrogens (primary N) is 1. The maximum absolute atomic E-state index is 10.7. The number of hydrogen-bond acceptors (Lipinski definition) is 9. The Bertz CT molecular complexity index is 787. The number of carbonyl (C=O) groups is 1. The topological polar surface area (TPSA) is 157 Å². The van der Waals surface area contributed by atoms with E-state index in [1.165, 1.54) is 24.4 Å². The molecule has 0 radical (unpaired) electrons. The molecule has 0 saturated carbocycles. The molecule has 0 aromatic carbocycles. The summed E-state index contributed by atoms with van der Waals surface area (Å²) >= 11 is 1.42. The van der Waals surface area contributed by atoms with E-state index in [9.17, 15) is 15.0 Å². The van der Waals surface area contributed by atoms with Crippen LogP contribution < -0.4 is 5.73 Å². The summed E-state index contributed by atoms with van der Waals surface area (Å²) in [6, 6.07) is -0.907. The Hall–Kier alpha value is -1.79.